The molecule has 0 radical (unpaired) electrons. The fraction of sp³-hybridized carbons (Fsp3) is 0.250. The Hall–Kier alpha value is -0.940. The van der Waals surface area contributed by atoms with Gasteiger partial charge in [0.1, 0.15) is 6.10 Å². The molecule has 0 amide bonds. The lowest BCUT2D eigenvalue weighted by Gasteiger charge is -2.06. The SMILES string of the molecule is O=C(O)C[C@H](O)c1ccc(Br)cn1. The molecule has 4 nitrogen and oxygen atoms in total. The third-order valence-corrected chi connectivity index (χ3v) is 1.93. The lowest BCUT2D eigenvalue weighted by Crippen LogP contribution is -2.06. The van der Waals surface area contributed by atoms with Crippen molar-refractivity contribution in [3.8, 4) is 0 Å². The van der Waals surface area contributed by atoms with E-state index in [1.54, 1.807) is 12.1 Å². The van der Waals surface area contributed by atoms with Crippen LogP contribution in [0.3, 0.4) is 0 Å². The number of aliphatic hydroxyl groups excluding tert-OH is 1. The van der Waals surface area contributed by atoms with E-state index in [-0.39, 0.29) is 6.42 Å². The zero-order valence-electron chi connectivity index (χ0n) is 6.64. The minimum absolute atomic E-state index is 0.325. The van der Waals surface area contributed by atoms with Crippen LogP contribution in [0.2, 0.25) is 0 Å². The standard InChI is InChI=1S/C8H8BrNO3/c9-5-1-2-6(10-4-5)7(11)3-8(12)13/h1-2,4,7,11H,3H2,(H,12,13)/t7-/m0/s1. The van der Waals surface area contributed by atoms with Gasteiger partial charge in [-0.2, -0.15) is 0 Å². The first-order valence-corrected chi connectivity index (χ1v) is 4.40. The predicted molar refractivity (Wildman–Crippen MR) is 49.1 cm³/mol. The van der Waals surface area contributed by atoms with Gasteiger partial charge in [0.2, 0.25) is 0 Å². The van der Waals surface area contributed by atoms with Crippen LogP contribution in [0.4, 0.5) is 0 Å². The van der Waals surface area contributed by atoms with E-state index in [0.717, 1.165) is 4.47 Å². The topological polar surface area (TPSA) is 70.4 Å². The summed E-state index contributed by atoms with van der Waals surface area (Å²) >= 11 is 3.18. The fourth-order valence-corrected chi connectivity index (χ4v) is 1.09. The number of rotatable bonds is 3. The van der Waals surface area contributed by atoms with Gasteiger partial charge in [0.15, 0.2) is 0 Å². The zero-order chi connectivity index (χ0) is 9.84. The number of carboxylic acid groups (broad SMARTS) is 1. The third-order valence-electron chi connectivity index (χ3n) is 1.46. The van der Waals surface area contributed by atoms with E-state index in [1.165, 1.54) is 6.20 Å². The minimum Gasteiger partial charge on any atom is -0.481 e. The van der Waals surface area contributed by atoms with E-state index < -0.39 is 12.1 Å². The van der Waals surface area contributed by atoms with Gasteiger partial charge in [-0.05, 0) is 28.1 Å². The van der Waals surface area contributed by atoms with Crippen LogP contribution in [0, 0.1) is 0 Å². The first-order valence-electron chi connectivity index (χ1n) is 3.61. The number of aromatic nitrogens is 1. The van der Waals surface area contributed by atoms with Gasteiger partial charge in [-0.15, -0.1) is 0 Å². The van der Waals surface area contributed by atoms with Crippen molar-refractivity contribution in [2.45, 2.75) is 12.5 Å². The summed E-state index contributed by atoms with van der Waals surface area (Å²) in [5.74, 6) is -1.04. The quantitative estimate of drug-likeness (QED) is 0.844. The second kappa shape index (κ2) is 4.34. The molecule has 1 aromatic rings. The molecule has 0 fully saturated rings. The van der Waals surface area contributed by atoms with Crippen LogP contribution < -0.4 is 0 Å². The molecule has 0 saturated heterocycles. The molecule has 0 aliphatic rings. The summed E-state index contributed by atoms with van der Waals surface area (Å²) in [7, 11) is 0. The molecule has 13 heavy (non-hydrogen) atoms. The number of nitrogens with zero attached hydrogens (tertiary/aromatic N) is 1. The lowest BCUT2D eigenvalue weighted by molar-refractivity contribution is -0.139. The van der Waals surface area contributed by atoms with Crippen molar-refractivity contribution in [3.05, 3.63) is 28.5 Å². The smallest absolute Gasteiger partial charge is 0.306 e. The second-order valence-corrected chi connectivity index (χ2v) is 3.43. The highest BCUT2D eigenvalue weighted by atomic mass is 79.9. The van der Waals surface area contributed by atoms with Gasteiger partial charge in [-0.25, -0.2) is 0 Å². The highest BCUT2D eigenvalue weighted by molar-refractivity contribution is 9.10. The summed E-state index contributed by atoms with van der Waals surface area (Å²) in [6.45, 7) is 0. The first kappa shape index (κ1) is 10.1. The van der Waals surface area contributed by atoms with Crippen LogP contribution >= 0.6 is 15.9 Å². The van der Waals surface area contributed by atoms with Gasteiger partial charge in [-0.3, -0.25) is 9.78 Å². The van der Waals surface area contributed by atoms with Crippen LogP contribution in [-0.2, 0) is 4.79 Å². The molecule has 0 saturated carbocycles. The number of carboxylic acids is 1. The van der Waals surface area contributed by atoms with Gasteiger partial charge in [0, 0.05) is 10.7 Å². The number of pyridine rings is 1. The van der Waals surface area contributed by atoms with Crippen molar-refractivity contribution in [2.75, 3.05) is 0 Å². The van der Waals surface area contributed by atoms with Crippen molar-refractivity contribution in [3.63, 3.8) is 0 Å². The number of carbonyl (C=O) groups is 1. The summed E-state index contributed by atoms with van der Waals surface area (Å²) in [5, 5.41) is 17.7. The van der Waals surface area contributed by atoms with Crippen LogP contribution in [0.1, 0.15) is 18.2 Å². The van der Waals surface area contributed by atoms with E-state index in [4.69, 9.17) is 5.11 Å². The molecule has 0 unspecified atom stereocenters. The van der Waals surface area contributed by atoms with Gasteiger partial charge in [0.05, 0.1) is 12.1 Å². The van der Waals surface area contributed by atoms with Gasteiger partial charge in [-0.1, -0.05) is 0 Å². The molecule has 5 heteroatoms. The molecule has 0 aliphatic heterocycles. The summed E-state index contributed by atoms with van der Waals surface area (Å²) < 4.78 is 0.791. The molecule has 2 N–H and O–H groups in total. The monoisotopic (exact) mass is 245 g/mol. The summed E-state index contributed by atoms with van der Waals surface area (Å²) in [6.07, 6.45) is 0.153. The van der Waals surface area contributed by atoms with E-state index in [0.29, 0.717) is 5.69 Å². The van der Waals surface area contributed by atoms with Gasteiger partial charge < -0.3 is 10.2 Å². The van der Waals surface area contributed by atoms with Crippen LogP contribution in [-0.4, -0.2) is 21.2 Å². The number of hydrogen-bond acceptors (Lipinski definition) is 3. The second-order valence-electron chi connectivity index (χ2n) is 2.51. The maximum Gasteiger partial charge on any atom is 0.306 e. The molecule has 0 aromatic carbocycles. The molecular weight excluding hydrogens is 238 g/mol. The Labute approximate surface area is 83.4 Å². The molecule has 0 spiro atoms. The van der Waals surface area contributed by atoms with Crippen LogP contribution in [0.25, 0.3) is 0 Å². The number of aliphatic hydroxyl groups is 1. The van der Waals surface area contributed by atoms with E-state index in [2.05, 4.69) is 20.9 Å². The minimum atomic E-state index is -1.04. The Kier molecular flexibility index (Phi) is 3.39. The van der Waals surface area contributed by atoms with Gasteiger partial charge in [0.25, 0.3) is 0 Å². The predicted octanol–water partition coefficient (Wildman–Crippen LogP) is 1.35. The number of hydrogen-bond donors (Lipinski definition) is 2. The molecule has 1 atom stereocenters. The third kappa shape index (κ3) is 3.12. The van der Waals surface area contributed by atoms with Crippen LogP contribution in [0.15, 0.2) is 22.8 Å². The zero-order valence-corrected chi connectivity index (χ0v) is 8.23. The average molecular weight is 246 g/mol. The highest BCUT2D eigenvalue weighted by Crippen LogP contribution is 2.16. The summed E-state index contributed by atoms with van der Waals surface area (Å²) in [4.78, 5) is 14.1. The van der Waals surface area contributed by atoms with Crippen molar-refractivity contribution in [1.29, 1.82) is 0 Å². The average Bonchev–Trinajstić information content (AvgIpc) is 2.04. The largest absolute Gasteiger partial charge is 0.481 e. The molecule has 0 aliphatic carbocycles. The van der Waals surface area contributed by atoms with E-state index >= 15 is 0 Å². The Morgan fingerprint density at radius 1 is 1.62 bits per heavy atom. The molecule has 70 valence electrons. The van der Waals surface area contributed by atoms with E-state index in [1.807, 2.05) is 0 Å². The lowest BCUT2D eigenvalue weighted by atomic mass is 10.2. The summed E-state index contributed by atoms with van der Waals surface area (Å²) in [5.41, 5.74) is 0.366. The maximum atomic E-state index is 10.3. The van der Waals surface area contributed by atoms with Crippen molar-refractivity contribution in [2.24, 2.45) is 0 Å². The Morgan fingerprint density at radius 2 is 2.31 bits per heavy atom. The Bertz CT molecular complexity index is 299. The van der Waals surface area contributed by atoms with Crippen molar-refractivity contribution >= 4 is 21.9 Å². The molecule has 1 rings (SSSR count). The Balaban J connectivity index is 2.71. The number of aliphatic carboxylic acids is 1. The maximum absolute atomic E-state index is 10.3. The molecule has 0 bridgehead atoms. The highest BCUT2D eigenvalue weighted by Gasteiger charge is 2.12. The Morgan fingerprint density at radius 3 is 2.77 bits per heavy atom. The van der Waals surface area contributed by atoms with E-state index in [9.17, 15) is 9.90 Å². The molecule has 1 aromatic heterocycles. The number of halogens is 1. The first-order chi connectivity index (χ1) is 6.09. The summed E-state index contributed by atoms with van der Waals surface area (Å²) in [6, 6.07) is 3.28. The normalized spacial score (nSPS) is 12.5. The van der Waals surface area contributed by atoms with Gasteiger partial charge >= 0.3 is 5.97 Å². The van der Waals surface area contributed by atoms with Crippen LogP contribution in [0.5, 0.6) is 0 Å². The van der Waals surface area contributed by atoms with Crippen molar-refractivity contribution in [1.82, 2.24) is 4.98 Å². The van der Waals surface area contributed by atoms with Crippen molar-refractivity contribution < 1.29 is 15.0 Å². The fourth-order valence-electron chi connectivity index (χ4n) is 0.854. The molecular formula is C8H8BrNO3. The molecule has 1 heterocycles.